The van der Waals surface area contributed by atoms with Crippen molar-refractivity contribution in [3.63, 3.8) is 0 Å². The predicted octanol–water partition coefficient (Wildman–Crippen LogP) is 2.69. The monoisotopic (exact) mass is 259 g/mol. The van der Waals surface area contributed by atoms with E-state index in [4.69, 9.17) is 5.11 Å². The van der Waals surface area contributed by atoms with Crippen molar-refractivity contribution in [2.75, 3.05) is 0 Å². The molecule has 5 nitrogen and oxygen atoms in total. The predicted molar refractivity (Wildman–Crippen MR) is 68.9 cm³/mol. The molecule has 0 amide bonds. The molecule has 0 aliphatic heterocycles. The number of benzene rings is 1. The molecule has 0 bridgehead atoms. The number of carboxylic acids is 1. The second-order valence-corrected chi connectivity index (χ2v) is 5.11. The molecule has 0 saturated carbocycles. The van der Waals surface area contributed by atoms with Crippen LogP contribution in [0.25, 0.3) is 21.3 Å². The van der Waals surface area contributed by atoms with Crippen molar-refractivity contribution >= 4 is 27.5 Å². The van der Waals surface area contributed by atoms with Crippen molar-refractivity contribution in [2.45, 2.75) is 6.92 Å². The number of thiazole rings is 1. The molecule has 3 aromatic rings. The van der Waals surface area contributed by atoms with Crippen molar-refractivity contribution in [2.24, 2.45) is 0 Å². The second kappa shape index (κ2) is 3.92. The third kappa shape index (κ3) is 1.67. The van der Waals surface area contributed by atoms with Crippen LogP contribution in [-0.4, -0.2) is 26.3 Å². The van der Waals surface area contributed by atoms with Crippen molar-refractivity contribution < 1.29 is 9.90 Å². The molecule has 0 aliphatic rings. The van der Waals surface area contributed by atoms with Gasteiger partial charge in [0, 0.05) is 5.56 Å². The number of aromatic nitrogens is 3. The Kier molecular flexibility index (Phi) is 2.38. The highest BCUT2D eigenvalue weighted by Gasteiger charge is 2.14. The van der Waals surface area contributed by atoms with Crippen LogP contribution in [-0.2, 0) is 0 Å². The standard InChI is InChI=1S/C12H9N3O2S/c1-6-14-9-4-7(2-3-10(9)18-6)8-5-13-15-11(8)12(16)17/h2-5H,1H3,(H,13,15)(H,16,17). The summed E-state index contributed by atoms with van der Waals surface area (Å²) < 4.78 is 1.09. The number of aromatic amines is 1. The Hall–Kier alpha value is -2.21. The summed E-state index contributed by atoms with van der Waals surface area (Å²) in [7, 11) is 0. The van der Waals surface area contributed by atoms with E-state index in [1.54, 1.807) is 11.3 Å². The smallest absolute Gasteiger partial charge is 0.354 e. The molecule has 3 rings (SSSR count). The van der Waals surface area contributed by atoms with Gasteiger partial charge >= 0.3 is 5.97 Å². The van der Waals surface area contributed by atoms with Crippen LogP contribution in [0.5, 0.6) is 0 Å². The summed E-state index contributed by atoms with van der Waals surface area (Å²) in [4.78, 5) is 15.4. The molecule has 0 aliphatic carbocycles. The summed E-state index contributed by atoms with van der Waals surface area (Å²) in [6.07, 6.45) is 1.52. The van der Waals surface area contributed by atoms with Gasteiger partial charge in [0.15, 0.2) is 5.69 Å². The molecule has 0 unspecified atom stereocenters. The quantitative estimate of drug-likeness (QED) is 0.741. The number of rotatable bonds is 2. The molecule has 2 heterocycles. The number of hydrogen-bond donors (Lipinski definition) is 2. The van der Waals surface area contributed by atoms with Crippen molar-refractivity contribution in [3.05, 3.63) is 35.1 Å². The number of nitrogens with one attached hydrogen (secondary N) is 1. The van der Waals surface area contributed by atoms with E-state index in [1.165, 1.54) is 6.20 Å². The Balaban J connectivity index is 2.18. The van der Waals surface area contributed by atoms with Crippen LogP contribution in [0, 0.1) is 6.92 Å². The van der Waals surface area contributed by atoms with Gasteiger partial charge in [0.1, 0.15) is 0 Å². The summed E-state index contributed by atoms with van der Waals surface area (Å²) in [5, 5.41) is 16.3. The lowest BCUT2D eigenvalue weighted by molar-refractivity contribution is 0.0691. The Labute approximate surface area is 106 Å². The second-order valence-electron chi connectivity index (χ2n) is 3.88. The van der Waals surface area contributed by atoms with Crippen LogP contribution in [0.4, 0.5) is 0 Å². The highest BCUT2D eigenvalue weighted by molar-refractivity contribution is 7.18. The van der Waals surface area contributed by atoms with Crippen LogP contribution in [0.2, 0.25) is 0 Å². The van der Waals surface area contributed by atoms with E-state index < -0.39 is 5.97 Å². The van der Waals surface area contributed by atoms with Gasteiger partial charge in [-0.05, 0) is 24.6 Å². The van der Waals surface area contributed by atoms with E-state index in [-0.39, 0.29) is 5.69 Å². The topological polar surface area (TPSA) is 78.9 Å². The first-order valence-corrected chi connectivity index (χ1v) is 6.11. The summed E-state index contributed by atoms with van der Waals surface area (Å²) in [6.45, 7) is 1.95. The van der Waals surface area contributed by atoms with Gasteiger partial charge in [0.25, 0.3) is 0 Å². The van der Waals surface area contributed by atoms with Crippen LogP contribution >= 0.6 is 11.3 Å². The molecule has 18 heavy (non-hydrogen) atoms. The van der Waals surface area contributed by atoms with E-state index in [0.717, 1.165) is 20.8 Å². The average molecular weight is 259 g/mol. The first kappa shape index (κ1) is 10.9. The lowest BCUT2D eigenvalue weighted by Gasteiger charge is -1.99. The molecular formula is C12H9N3O2S. The third-order valence-corrected chi connectivity index (χ3v) is 3.61. The van der Waals surface area contributed by atoms with Gasteiger partial charge in [-0.1, -0.05) is 6.07 Å². The van der Waals surface area contributed by atoms with Crippen LogP contribution in [0.15, 0.2) is 24.4 Å². The minimum atomic E-state index is -1.02. The minimum absolute atomic E-state index is 0.0984. The zero-order chi connectivity index (χ0) is 12.7. The largest absolute Gasteiger partial charge is 0.477 e. The molecule has 2 N–H and O–H groups in total. The summed E-state index contributed by atoms with van der Waals surface area (Å²) >= 11 is 1.62. The number of aromatic carboxylic acids is 1. The number of hydrogen-bond acceptors (Lipinski definition) is 4. The maximum Gasteiger partial charge on any atom is 0.354 e. The van der Waals surface area contributed by atoms with Crippen LogP contribution in [0.1, 0.15) is 15.5 Å². The summed E-state index contributed by atoms with van der Waals surface area (Å²) in [5.41, 5.74) is 2.36. The van der Waals surface area contributed by atoms with E-state index in [9.17, 15) is 4.79 Å². The van der Waals surface area contributed by atoms with Gasteiger partial charge in [-0.3, -0.25) is 5.10 Å². The first-order chi connectivity index (χ1) is 8.65. The SMILES string of the molecule is Cc1nc2cc(-c3cn[nH]c3C(=O)O)ccc2s1. The Morgan fingerprint density at radius 3 is 3.06 bits per heavy atom. The van der Waals surface area contributed by atoms with Crippen molar-refractivity contribution in [1.29, 1.82) is 0 Å². The lowest BCUT2D eigenvalue weighted by atomic mass is 10.1. The first-order valence-electron chi connectivity index (χ1n) is 5.29. The van der Waals surface area contributed by atoms with Gasteiger partial charge in [0.2, 0.25) is 0 Å². The number of carboxylic acid groups (broad SMARTS) is 1. The molecule has 0 spiro atoms. The van der Waals surface area contributed by atoms with Crippen LogP contribution in [0.3, 0.4) is 0 Å². The van der Waals surface area contributed by atoms with Crippen LogP contribution < -0.4 is 0 Å². The minimum Gasteiger partial charge on any atom is -0.477 e. The fourth-order valence-corrected chi connectivity index (χ4v) is 2.69. The molecule has 1 aromatic carbocycles. The highest BCUT2D eigenvalue weighted by Crippen LogP contribution is 2.28. The summed E-state index contributed by atoms with van der Waals surface area (Å²) in [5.74, 6) is -1.02. The third-order valence-electron chi connectivity index (χ3n) is 2.66. The fraction of sp³-hybridized carbons (Fsp3) is 0.0833. The number of nitrogens with zero attached hydrogens (tertiary/aromatic N) is 2. The van der Waals surface area contributed by atoms with E-state index in [2.05, 4.69) is 15.2 Å². The van der Waals surface area contributed by atoms with Crippen molar-refractivity contribution in [1.82, 2.24) is 15.2 Å². The Morgan fingerprint density at radius 2 is 2.28 bits per heavy atom. The Bertz CT molecular complexity index is 745. The highest BCUT2D eigenvalue weighted by atomic mass is 32.1. The number of aryl methyl sites for hydroxylation is 1. The molecular weight excluding hydrogens is 250 g/mol. The van der Waals surface area contributed by atoms with Gasteiger partial charge in [0.05, 0.1) is 21.4 Å². The molecule has 0 atom stereocenters. The Morgan fingerprint density at radius 1 is 1.44 bits per heavy atom. The van der Waals surface area contributed by atoms with Gasteiger partial charge < -0.3 is 5.11 Å². The molecule has 0 saturated heterocycles. The van der Waals surface area contributed by atoms with Gasteiger partial charge in [-0.2, -0.15) is 5.10 Å². The van der Waals surface area contributed by atoms with E-state index in [1.807, 2.05) is 25.1 Å². The zero-order valence-corrected chi connectivity index (χ0v) is 10.3. The molecule has 2 aromatic heterocycles. The maximum absolute atomic E-state index is 11.0. The number of fused-ring (bicyclic) bond motifs is 1. The zero-order valence-electron chi connectivity index (χ0n) is 9.47. The van der Waals surface area contributed by atoms with E-state index in [0.29, 0.717) is 5.56 Å². The normalized spacial score (nSPS) is 10.9. The fourth-order valence-electron chi connectivity index (χ4n) is 1.88. The molecule has 90 valence electrons. The summed E-state index contributed by atoms with van der Waals surface area (Å²) in [6, 6.07) is 5.72. The van der Waals surface area contributed by atoms with Crippen molar-refractivity contribution in [3.8, 4) is 11.1 Å². The number of H-pyrrole nitrogens is 1. The lowest BCUT2D eigenvalue weighted by Crippen LogP contribution is -1.98. The molecule has 0 radical (unpaired) electrons. The number of carbonyl (C=O) groups is 1. The van der Waals surface area contributed by atoms with Gasteiger partial charge in [-0.15, -0.1) is 11.3 Å². The maximum atomic E-state index is 11.0. The van der Waals surface area contributed by atoms with E-state index >= 15 is 0 Å². The average Bonchev–Trinajstić information content (AvgIpc) is 2.91. The molecule has 6 heteroatoms. The molecule has 0 fully saturated rings. The van der Waals surface area contributed by atoms with Gasteiger partial charge in [-0.25, -0.2) is 9.78 Å².